The maximum atomic E-state index is 12.9. The third-order valence-corrected chi connectivity index (χ3v) is 6.89. The highest BCUT2D eigenvalue weighted by Crippen LogP contribution is 2.34. The van der Waals surface area contributed by atoms with E-state index in [0.717, 1.165) is 5.56 Å². The van der Waals surface area contributed by atoms with E-state index in [1.165, 1.54) is 24.3 Å². The molecule has 4 rings (SSSR count). The number of nitrogens with one attached hydrogen (secondary N) is 3. The van der Waals surface area contributed by atoms with Crippen molar-refractivity contribution in [3.8, 4) is 5.75 Å². The van der Waals surface area contributed by atoms with Crippen LogP contribution in [0.4, 0.5) is 18.9 Å². The van der Waals surface area contributed by atoms with E-state index >= 15 is 0 Å². The summed E-state index contributed by atoms with van der Waals surface area (Å²) in [6, 6.07) is 17.2. The van der Waals surface area contributed by atoms with Crippen LogP contribution in [-0.2, 0) is 16.2 Å². The van der Waals surface area contributed by atoms with Crippen molar-refractivity contribution in [1.29, 1.82) is 0 Å². The van der Waals surface area contributed by atoms with Gasteiger partial charge in [-0.3, -0.25) is 9.82 Å². The van der Waals surface area contributed by atoms with Gasteiger partial charge >= 0.3 is 6.18 Å². The van der Waals surface area contributed by atoms with Crippen molar-refractivity contribution in [1.82, 2.24) is 15.5 Å². The molecule has 0 fully saturated rings. The minimum Gasteiger partial charge on any atom is -0.492 e. The lowest BCUT2D eigenvalue weighted by molar-refractivity contribution is -0.139. The molecule has 0 saturated carbocycles. The van der Waals surface area contributed by atoms with Gasteiger partial charge in [0.25, 0.3) is 10.0 Å². The van der Waals surface area contributed by atoms with Crippen LogP contribution in [-0.4, -0.2) is 43.4 Å². The first-order valence-electron chi connectivity index (χ1n) is 11.3. The van der Waals surface area contributed by atoms with E-state index in [1.54, 1.807) is 49.4 Å². The van der Waals surface area contributed by atoms with Crippen LogP contribution in [0.2, 0.25) is 0 Å². The number of aromatic nitrogens is 2. The Morgan fingerprint density at radius 1 is 1.08 bits per heavy atom. The number of nitrogens with zero attached hydrogens (tertiary/aromatic N) is 1. The van der Waals surface area contributed by atoms with Gasteiger partial charge in [-0.15, -0.1) is 0 Å². The Morgan fingerprint density at radius 2 is 1.86 bits per heavy atom. The van der Waals surface area contributed by atoms with Gasteiger partial charge in [0.15, 0.2) is 5.69 Å². The topological polar surface area (TPSA) is 116 Å². The number of alkyl halides is 3. The number of sulfonamides is 1. The van der Waals surface area contributed by atoms with Crippen molar-refractivity contribution >= 4 is 26.6 Å². The van der Waals surface area contributed by atoms with Crippen LogP contribution in [0.25, 0.3) is 10.9 Å². The lowest BCUT2D eigenvalue weighted by atomic mass is 10.1. The van der Waals surface area contributed by atoms with E-state index in [-0.39, 0.29) is 29.0 Å². The van der Waals surface area contributed by atoms with Crippen LogP contribution in [0, 0.1) is 6.92 Å². The van der Waals surface area contributed by atoms with Crippen LogP contribution in [0.5, 0.6) is 5.75 Å². The first kappa shape index (κ1) is 26.5. The van der Waals surface area contributed by atoms with E-state index < -0.39 is 28.0 Å². The molecule has 1 heterocycles. The quantitative estimate of drug-likeness (QED) is 0.224. The van der Waals surface area contributed by atoms with Gasteiger partial charge in [0.1, 0.15) is 12.4 Å². The van der Waals surface area contributed by atoms with Crippen molar-refractivity contribution in [2.75, 3.05) is 24.4 Å². The van der Waals surface area contributed by atoms with Crippen LogP contribution in [0.15, 0.2) is 71.6 Å². The SMILES string of the molecule is Cc1cccc(S(=O)(=O)Nc2cccc(C(O)CNCCOc3ccc4c(C(F)(F)F)n[nH]c4c3)c2)c1. The lowest BCUT2D eigenvalue weighted by Gasteiger charge is -2.15. The number of aliphatic hydroxyl groups excluding tert-OH is 1. The molecule has 0 spiro atoms. The summed E-state index contributed by atoms with van der Waals surface area (Å²) < 4.78 is 72.2. The molecular weight excluding hydrogens is 509 g/mol. The highest BCUT2D eigenvalue weighted by molar-refractivity contribution is 7.92. The summed E-state index contributed by atoms with van der Waals surface area (Å²) in [6.45, 7) is 2.53. The van der Waals surface area contributed by atoms with Crippen molar-refractivity contribution < 1.29 is 31.4 Å². The number of halogens is 3. The Morgan fingerprint density at radius 3 is 2.62 bits per heavy atom. The van der Waals surface area contributed by atoms with Gasteiger partial charge in [-0.2, -0.15) is 18.3 Å². The maximum absolute atomic E-state index is 12.9. The monoisotopic (exact) mass is 534 g/mol. The molecule has 1 unspecified atom stereocenters. The Balaban J connectivity index is 1.27. The molecule has 0 amide bonds. The molecule has 12 heteroatoms. The summed E-state index contributed by atoms with van der Waals surface area (Å²) in [5.41, 5.74) is 0.898. The number of hydrogen-bond acceptors (Lipinski definition) is 6. The zero-order valence-corrected chi connectivity index (χ0v) is 20.5. The second kappa shape index (κ2) is 10.8. The highest BCUT2D eigenvalue weighted by atomic mass is 32.2. The summed E-state index contributed by atoms with van der Waals surface area (Å²) in [5.74, 6) is 0.376. The number of anilines is 1. The number of rotatable bonds is 10. The van der Waals surface area contributed by atoms with Gasteiger partial charge in [-0.05, 0) is 54.4 Å². The Bertz CT molecular complexity index is 1490. The normalized spacial score (nSPS) is 13.0. The molecule has 0 saturated heterocycles. The molecule has 4 aromatic rings. The predicted molar refractivity (Wildman–Crippen MR) is 133 cm³/mol. The fourth-order valence-electron chi connectivity index (χ4n) is 3.71. The molecule has 0 radical (unpaired) electrons. The third-order valence-electron chi connectivity index (χ3n) is 5.51. The van der Waals surface area contributed by atoms with Crippen LogP contribution in [0.1, 0.15) is 22.9 Å². The van der Waals surface area contributed by atoms with Gasteiger partial charge in [-0.1, -0.05) is 24.3 Å². The number of fused-ring (bicyclic) bond motifs is 1. The average molecular weight is 535 g/mol. The minimum atomic E-state index is -4.55. The number of H-pyrrole nitrogens is 1. The van der Waals surface area contributed by atoms with Gasteiger partial charge in [0.05, 0.1) is 16.5 Å². The van der Waals surface area contributed by atoms with Gasteiger partial charge in [0, 0.05) is 30.2 Å². The number of aliphatic hydroxyl groups is 1. The van der Waals surface area contributed by atoms with Crippen LogP contribution < -0.4 is 14.8 Å². The van der Waals surface area contributed by atoms with Gasteiger partial charge in [-0.25, -0.2) is 8.42 Å². The number of ether oxygens (including phenoxy) is 1. The van der Waals surface area contributed by atoms with Gasteiger partial charge in [0.2, 0.25) is 0 Å². The second-order valence-electron chi connectivity index (χ2n) is 8.39. The average Bonchev–Trinajstić information content (AvgIpc) is 3.28. The molecule has 37 heavy (non-hydrogen) atoms. The summed E-state index contributed by atoms with van der Waals surface area (Å²) in [5, 5.41) is 19.2. The maximum Gasteiger partial charge on any atom is 0.435 e. The fourth-order valence-corrected chi connectivity index (χ4v) is 4.86. The molecular formula is C25H25F3N4O4S. The Labute approximate surface area is 211 Å². The molecule has 8 nitrogen and oxygen atoms in total. The zero-order chi connectivity index (χ0) is 26.6. The fraction of sp³-hybridized carbons (Fsp3) is 0.240. The molecule has 0 aliphatic rings. The van der Waals surface area contributed by atoms with Crippen LogP contribution >= 0.6 is 0 Å². The standard InChI is InChI=1S/C25H25F3N4O4S/c1-16-4-2-7-20(12-16)37(34,35)32-18-6-3-5-17(13-18)23(33)15-29-10-11-36-19-8-9-21-22(14-19)30-31-24(21)25(26,27)28/h2-9,12-14,23,29,32-33H,10-11,15H2,1H3,(H,30,31). The summed E-state index contributed by atoms with van der Waals surface area (Å²) in [4.78, 5) is 0.146. The largest absolute Gasteiger partial charge is 0.492 e. The van der Waals surface area contributed by atoms with E-state index in [4.69, 9.17) is 4.74 Å². The van der Waals surface area contributed by atoms with E-state index in [1.807, 2.05) is 0 Å². The van der Waals surface area contributed by atoms with Crippen LogP contribution in [0.3, 0.4) is 0 Å². The third kappa shape index (κ3) is 6.59. The molecule has 1 atom stereocenters. The molecule has 0 aliphatic carbocycles. The molecule has 4 N–H and O–H groups in total. The summed E-state index contributed by atoms with van der Waals surface area (Å²) in [7, 11) is -3.77. The van der Waals surface area contributed by atoms with Crippen molar-refractivity contribution in [2.45, 2.75) is 24.1 Å². The smallest absolute Gasteiger partial charge is 0.435 e. The van der Waals surface area contributed by atoms with E-state index in [9.17, 15) is 26.7 Å². The van der Waals surface area contributed by atoms with E-state index in [0.29, 0.717) is 23.5 Å². The number of hydrogen-bond donors (Lipinski definition) is 4. The summed E-state index contributed by atoms with van der Waals surface area (Å²) in [6.07, 6.45) is -5.46. The highest BCUT2D eigenvalue weighted by Gasteiger charge is 2.35. The van der Waals surface area contributed by atoms with Crippen molar-refractivity contribution in [2.24, 2.45) is 0 Å². The van der Waals surface area contributed by atoms with Crippen molar-refractivity contribution in [3.05, 3.63) is 83.6 Å². The minimum absolute atomic E-state index is 0.0375. The zero-order valence-electron chi connectivity index (χ0n) is 19.7. The van der Waals surface area contributed by atoms with Crippen molar-refractivity contribution in [3.63, 3.8) is 0 Å². The Kier molecular flexibility index (Phi) is 7.71. The van der Waals surface area contributed by atoms with E-state index in [2.05, 4.69) is 20.2 Å². The summed E-state index contributed by atoms with van der Waals surface area (Å²) >= 11 is 0. The molecule has 0 bridgehead atoms. The molecule has 3 aromatic carbocycles. The first-order valence-corrected chi connectivity index (χ1v) is 12.8. The Hall–Kier alpha value is -3.61. The van der Waals surface area contributed by atoms with Gasteiger partial charge < -0.3 is 15.2 Å². The molecule has 1 aromatic heterocycles. The number of aryl methyl sites for hydroxylation is 1. The number of benzene rings is 3. The number of aromatic amines is 1. The molecule has 0 aliphatic heterocycles. The second-order valence-corrected chi connectivity index (χ2v) is 10.1. The molecule has 196 valence electrons. The predicted octanol–water partition coefficient (Wildman–Crippen LogP) is 4.39. The first-order chi connectivity index (χ1) is 17.5. The lowest BCUT2D eigenvalue weighted by Crippen LogP contribution is -2.26.